The molecule has 3 rings (SSSR count). The van der Waals surface area contributed by atoms with Crippen molar-refractivity contribution >= 4 is 28.9 Å². The number of hydrogen-bond donors (Lipinski definition) is 1. The summed E-state index contributed by atoms with van der Waals surface area (Å²) in [4.78, 5) is 27.5. The molecule has 1 N–H and O–H groups in total. The Morgan fingerprint density at radius 1 is 1.39 bits per heavy atom. The van der Waals surface area contributed by atoms with Crippen LogP contribution in [0.15, 0.2) is 22.6 Å². The fourth-order valence-corrected chi connectivity index (χ4v) is 3.93. The van der Waals surface area contributed by atoms with Crippen LogP contribution in [0.4, 0.5) is 0 Å². The van der Waals surface area contributed by atoms with Crippen molar-refractivity contribution in [2.45, 2.75) is 31.7 Å². The van der Waals surface area contributed by atoms with E-state index in [0.717, 1.165) is 13.1 Å². The molecule has 23 heavy (non-hydrogen) atoms. The summed E-state index contributed by atoms with van der Waals surface area (Å²) in [5.41, 5.74) is 0.443. The number of nitrogens with zero attached hydrogens (tertiary/aromatic N) is 3. The number of amides is 2. The molecule has 7 heteroatoms. The molecule has 0 aromatic carbocycles. The van der Waals surface area contributed by atoms with E-state index in [1.54, 1.807) is 18.4 Å². The molecule has 0 spiro atoms. The third kappa shape index (κ3) is 3.79. The standard InChI is InChI=1S/C16H22N4O2S/c1-19-15(21)7-6-12(18-19)16(22)17-11-13(14-5-4-10-23-14)20-8-2-3-9-20/h4-5,10,13H,2-3,6-9,11H2,1H3,(H,17,22)/t13-/m1/s1. The van der Waals surface area contributed by atoms with Crippen LogP contribution in [0, 0.1) is 0 Å². The van der Waals surface area contributed by atoms with Gasteiger partial charge in [-0.3, -0.25) is 14.5 Å². The summed E-state index contributed by atoms with van der Waals surface area (Å²) in [7, 11) is 1.59. The first-order valence-corrected chi connectivity index (χ1v) is 8.93. The highest BCUT2D eigenvalue weighted by molar-refractivity contribution is 7.10. The van der Waals surface area contributed by atoms with Crippen molar-refractivity contribution in [3.63, 3.8) is 0 Å². The molecule has 1 fully saturated rings. The minimum atomic E-state index is -0.162. The minimum Gasteiger partial charge on any atom is -0.349 e. The summed E-state index contributed by atoms with van der Waals surface area (Å²) in [6, 6.07) is 4.41. The van der Waals surface area contributed by atoms with Gasteiger partial charge in [0.05, 0.1) is 6.04 Å². The molecule has 2 aliphatic heterocycles. The molecule has 124 valence electrons. The van der Waals surface area contributed by atoms with E-state index in [1.165, 1.54) is 22.7 Å². The van der Waals surface area contributed by atoms with Crippen molar-refractivity contribution in [2.75, 3.05) is 26.7 Å². The van der Waals surface area contributed by atoms with Gasteiger partial charge < -0.3 is 5.32 Å². The molecule has 2 aliphatic rings. The number of carbonyl (C=O) groups excluding carboxylic acids is 2. The maximum atomic E-state index is 12.3. The van der Waals surface area contributed by atoms with E-state index < -0.39 is 0 Å². The van der Waals surface area contributed by atoms with Gasteiger partial charge in [0, 0.05) is 31.3 Å². The van der Waals surface area contributed by atoms with Crippen LogP contribution in [-0.4, -0.2) is 54.1 Å². The van der Waals surface area contributed by atoms with Crippen LogP contribution < -0.4 is 5.32 Å². The van der Waals surface area contributed by atoms with Crippen LogP contribution in [0.2, 0.25) is 0 Å². The average Bonchev–Trinajstić information content (AvgIpc) is 3.24. The number of hydrazone groups is 1. The molecule has 6 nitrogen and oxygen atoms in total. The fraction of sp³-hybridized carbons (Fsp3) is 0.562. The number of thiophene rings is 1. The van der Waals surface area contributed by atoms with Gasteiger partial charge in [-0.15, -0.1) is 11.3 Å². The van der Waals surface area contributed by atoms with E-state index in [9.17, 15) is 9.59 Å². The normalized spacial score (nSPS) is 20.5. The molecule has 0 unspecified atom stereocenters. The molecule has 0 radical (unpaired) electrons. The van der Waals surface area contributed by atoms with Crippen LogP contribution in [0.3, 0.4) is 0 Å². The number of nitrogens with one attached hydrogen (secondary N) is 1. The highest BCUT2D eigenvalue weighted by atomic mass is 32.1. The first kappa shape index (κ1) is 16.1. The predicted molar refractivity (Wildman–Crippen MR) is 90.3 cm³/mol. The van der Waals surface area contributed by atoms with Crippen molar-refractivity contribution in [2.24, 2.45) is 5.10 Å². The van der Waals surface area contributed by atoms with Crippen molar-refractivity contribution in [3.05, 3.63) is 22.4 Å². The highest BCUT2D eigenvalue weighted by Crippen LogP contribution is 2.27. The van der Waals surface area contributed by atoms with Gasteiger partial charge in [-0.2, -0.15) is 5.10 Å². The quantitative estimate of drug-likeness (QED) is 0.890. The second kappa shape index (κ2) is 7.23. The van der Waals surface area contributed by atoms with Crippen LogP contribution in [-0.2, 0) is 9.59 Å². The largest absolute Gasteiger partial charge is 0.349 e. The first-order valence-electron chi connectivity index (χ1n) is 8.05. The lowest BCUT2D eigenvalue weighted by molar-refractivity contribution is -0.130. The van der Waals surface area contributed by atoms with Gasteiger partial charge in [-0.25, -0.2) is 5.01 Å². The second-order valence-corrected chi connectivity index (χ2v) is 6.93. The molecule has 1 aromatic heterocycles. The Morgan fingerprint density at radius 3 is 2.83 bits per heavy atom. The van der Waals surface area contributed by atoms with Gasteiger partial charge in [0.2, 0.25) is 5.91 Å². The van der Waals surface area contributed by atoms with Crippen molar-refractivity contribution in [1.82, 2.24) is 15.2 Å². The Bertz CT molecular complexity index is 593. The molecule has 1 saturated heterocycles. The zero-order valence-corrected chi connectivity index (χ0v) is 14.1. The molecular formula is C16H22N4O2S. The maximum Gasteiger partial charge on any atom is 0.267 e. The van der Waals surface area contributed by atoms with E-state index in [0.29, 0.717) is 25.1 Å². The van der Waals surface area contributed by atoms with Crippen LogP contribution in [0.1, 0.15) is 36.6 Å². The van der Waals surface area contributed by atoms with E-state index in [-0.39, 0.29) is 17.9 Å². The zero-order chi connectivity index (χ0) is 16.2. The predicted octanol–water partition coefficient (Wildman–Crippen LogP) is 1.61. The van der Waals surface area contributed by atoms with Crippen molar-refractivity contribution in [1.29, 1.82) is 0 Å². The number of carbonyl (C=O) groups is 2. The van der Waals surface area contributed by atoms with Gasteiger partial charge in [0.1, 0.15) is 5.71 Å². The van der Waals surface area contributed by atoms with Gasteiger partial charge in [-0.1, -0.05) is 6.07 Å². The Hall–Kier alpha value is -1.73. The lowest BCUT2D eigenvalue weighted by atomic mass is 10.1. The van der Waals surface area contributed by atoms with Gasteiger partial charge >= 0.3 is 0 Å². The third-order valence-corrected chi connectivity index (χ3v) is 5.35. The summed E-state index contributed by atoms with van der Waals surface area (Å²) < 4.78 is 0. The maximum absolute atomic E-state index is 12.3. The molecule has 3 heterocycles. The Balaban J connectivity index is 1.63. The van der Waals surface area contributed by atoms with E-state index in [2.05, 4.69) is 32.8 Å². The molecule has 0 aliphatic carbocycles. The zero-order valence-electron chi connectivity index (χ0n) is 13.3. The average molecular weight is 334 g/mol. The molecular weight excluding hydrogens is 312 g/mol. The van der Waals surface area contributed by atoms with E-state index >= 15 is 0 Å². The van der Waals surface area contributed by atoms with E-state index in [1.807, 2.05) is 0 Å². The van der Waals surface area contributed by atoms with Gasteiger partial charge in [0.15, 0.2) is 0 Å². The summed E-state index contributed by atoms with van der Waals surface area (Å²) in [6.45, 7) is 2.74. The van der Waals surface area contributed by atoms with Gasteiger partial charge in [-0.05, 0) is 37.4 Å². The SMILES string of the molecule is CN1N=C(C(=O)NC[C@H](c2cccs2)N2CCCC2)CCC1=O. The first-order chi connectivity index (χ1) is 11.1. The lowest BCUT2D eigenvalue weighted by Crippen LogP contribution is -2.41. The fourth-order valence-electron chi connectivity index (χ4n) is 3.07. The summed E-state index contributed by atoms with van der Waals surface area (Å²) >= 11 is 1.73. The highest BCUT2D eigenvalue weighted by Gasteiger charge is 2.26. The molecule has 0 saturated carbocycles. The molecule has 1 atom stereocenters. The number of likely N-dealkylation sites (tertiary alicyclic amines) is 1. The van der Waals surface area contributed by atoms with Crippen molar-refractivity contribution < 1.29 is 9.59 Å². The number of rotatable bonds is 5. The molecule has 2 amide bonds. The topological polar surface area (TPSA) is 65.0 Å². The Kier molecular flexibility index (Phi) is 5.07. The van der Waals surface area contributed by atoms with Gasteiger partial charge in [0.25, 0.3) is 5.91 Å². The molecule has 0 bridgehead atoms. The lowest BCUT2D eigenvalue weighted by Gasteiger charge is -2.27. The van der Waals surface area contributed by atoms with Crippen LogP contribution in [0.25, 0.3) is 0 Å². The third-order valence-electron chi connectivity index (χ3n) is 4.38. The molecule has 1 aromatic rings. The van der Waals surface area contributed by atoms with Crippen LogP contribution >= 0.6 is 11.3 Å². The minimum absolute atomic E-state index is 0.0462. The summed E-state index contributed by atoms with van der Waals surface area (Å²) in [5, 5.41) is 10.4. The summed E-state index contributed by atoms with van der Waals surface area (Å²) in [6.07, 6.45) is 3.20. The summed E-state index contributed by atoms with van der Waals surface area (Å²) in [5.74, 6) is -0.208. The van der Waals surface area contributed by atoms with E-state index in [4.69, 9.17) is 0 Å². The monoisotopic (exact) mass is 334 g/mol. The Morgan fingerprint density at radius 2 is 2.17 bits per heavy atom. The number of hydrogen-bond acceptors (Lipinski definition) is 5. The van der Waals surface area contributed by atoms with Crippen LogP contribution in [0.5, 0.6) is 0 Å². The van der Waals surface area contributed by atoms with Crippen molar-refractivity contribution in [3.8, 4) is 0 Å². The Labute approximate surface area is 140 Å². The second-order valence-electron chi connectivity index (χ2n) is 5.95. The smallest absolute Gasteiger partial charge is 0.267 e.